The van der Waals surface area contributed by atoms with Crippen LogP contribution in [0.25, 0.3) is 0 Å². The molecule has 0 saturated heterocycles. The molecule has 5 nitrogen and oxygen atoms in total. The highest BCUT2D eigenvalue weighted by molar-refractivity contribution is 5.94. The van der Waals surface area contributed by atoms with Crippen LogP contribution in [0.15, 0.2) is 42.5 Å². The van der Waals surface area contributed by atoms with Crippen LogP contribution >= 0.6 is 0 Å². The zero-order valence-electron chi connectivity index (χ0n) is 13.8. The van der Waals surface area contributed by atoms with Crippen LogP contribution in [0, 0.1) is 0 Å². The molecule has 0 fully saturated rings. The Morgan fingerprint density at radius 2 is 1.52 bits per heavy atom. The second-order valence-corrected chi connectivity index (χ2v) is 5.31. The van der Waals surface area contributed by atoms with E-state index in [2.05, 4.69) is 5.32 Å². The summed E-state index contributed by atoms with van der Waals surface area (Å²) in [5, 5.41) is 2.85. The van der Waals surface area contributed by atoms with Crippen LogP contribution < -0.4 is 19.5 Å². The molecule has 0 heterocycles. The number of ether oxygens (including phenoxy) is 3. The van der Waals surface area contributed by atoms with Crippen LogP contribution in [-0.4, -0.2) is 26.2 Å². The van der Waals surface area contributed by atoms with Crippen molar-refractivity contribution in [1.29, 1.82) is 0 Å². The molecule has 122 valence electrons. The molecular weight excluding hydrogens is 294 g/mol. The number of nitrogens with one attached hydrogen (secondary N) is 1. The van der Waals surface area contributed by atoms with Crippen molar-refractivity contribution in [3.05, 3.63) is 48.0 Å². The van der Waals surface area contributed by atoms with E-state index in [1.54, 1.807) is 56.7 Å². The van der Waals surface area contributed by atoms with Crippen LogP contribution in [-0.2, 0) is 0 Å². The number of rotatable bonds is 6. The highest BCUT2D eigenvalue weighted by Gasteiger charge is 2.09. The average molecular weight is 315 g/mol. The van der Waals surface area contributed by atoms with Gasteiger partial charge in [-0.1, -0.05) is 6.07 Å². The van der Waals surface area contributed by atoms with E-state index in [9.17, 15) is 4.79 Å². The first-order valence-electron chi connectivity index (χ1n) is 7.33. The van der Waals surface area contributed by atoms with Gasteiger partial charge in [-0.25, -0.2) is 0 Å². The van der Waals surface area contributed by atoms with Gasteiger partial charge >= 0.3 is 0 Å². The second-order valence-electron chi connectivity index (χ2n) is 5.31. The molecular formula is C18H21NO4. The molecule has 1 amide bonds. The smallest absolute Gasteiger partial charge is 0.251 e. The van der Waals surface area contributed by atoms with E-state index in [0.717, 1.165) is 0 Å². The lowest BCUT2D eigenvalue weighted by Gasteiger charge is -2.12. The summed E-state index contributed by atoms with van der Waals surface area (Å²) in [4.78, 5) is 12.1. The Labute approximate surface area is 136 Å². The summed E-state index contributed by atoms with van der Waals surface area (Å²) >= 11 is 0. The topological polar surface area (TPSA) is 56.8 Å². The van der Waals surface area contributed by atoms with Gasteiger partial charge in [0.05, 0.1) is 14.2 Å². The van der Waals surface area contributed by atoms with Crippen LogP contribution in [0.4, 0.5) is 0 Å². The fraction of sp³-hybridized carbons (Fsp3) is 0.278. The van der Waals surface area contributed by atoms with Crippen molar-refractivity contribution in [3.63, 3.8) is 0 Å². The monoisotopic (exact) mass is 315 g/mol. The van der Waals surface area contributed by atoms with Gasteiger partial charge in [-0.15, -0.1) is 0 Å². The van der Waals surface area contributed by atoms with Gasteiger partial charge in [0.25, 0.3) is 5.91 Å². The van der Waals surface area contributed by atoms with Gasteiger partial charge in [0, 0.05) is 29.8 Å². The van der Waals surface area contributed by atoms with E-state index < -0.39 is 0 Å². The lowest BCUT2D eigenvalue weighted by Crippen LogP contribution is -2.29. The minimum absolute atomic E-state index is 0.0784. The van der Waals surface area contributed by atoms with Gasteiger partial charge in [0.2, 0.25) is 0 Å². The Hall–Kier alpha value is -2.69. The maximum absolute atomic E-state index is 12.1. The van der Waals surface area contributed by atoms with Crippen molar-refractivity contribution in [2.45, 2.75) is 19.9 Å². The molecule has 23 heavy (non-hydrogen) atoms. The Kier molecular flexibility index (Phi) is 5.46. The minimum Gasteiger partial charge on any atom is -0.496 e. The van der Waals surface area contributed by atoms with Crippen LogP contribution in [0.1, 0.15) is 24.2 Å². The molecule has 2 aromatic rings. The van der Waals surface area contributed by atoms with E-state index in [1.165, 1.54) is 0 Å². The Balaban J connectivity index is 2.22. The van der Waals surface area contributed by atoms with Crippen molar-refractivity contribution < 1.29 is 19.0 Å². The minimum atomic E-state index is -0.131. The quantitative estimate of drug-likeness (QED) is 0.884. The van der Waals surface area contributed by atoms with Crippen molar-refractivity contribution in [1.82, 2.24) is 5.32 Å². The molecule has 0 radical (unpaired) electrons. The molecule has 0 aliphatic carbocycles. The summed E-state index contributed by atoms with van der Waals surface area (Å²) in [7, 11) is 3.16. The fourth-order valence-corrected chi connectivity index (χ4v) is 2.02. The van der Waals surface area contributed by atoms with Crippen LogP contribution in [0.5, 0.6) is 23.0 Å². The Morgan fingerprint density at radius 3 is 2.09 bits per heavy atom. The zero-order chi connectivity index (χ0) is 16.8. The standard InChI is InChI=1S/C18H21NO4/c1-12(2)19-18(20)13-6-5-7-14(8-13)23-17-10-15(21-3)9-16(11-17)22-4/h5-12H,1-4H3,(H,19,20). The molecule has 0 bridgehead atoms. The van der Waals surface area contributed by atoms with Gasteiger partial charge in [-0.2, -0.15) is 0 Å². The maximum Gasteiger partial charge on any atom is 0.251 e. The van der Waals surface area contributed by atoms with Crippen molar-refractivity contribution in [3.8, 4) is 23.0 Å². The molecule has 0 unspecified atom stereocenters. The zero-order valence-corrected chi connectivity index (χ0v) is 13.8. The molecule has 1 N–H and O–H groups in total. The highest BCUT2D eigenvalue weighted by Crippen LogP contribution is 2.31. The number of carbonyl (C=O) groups excluding carboxylic acids is 1. The van der Waals surface area contributed by atoms with Gasteiger partial charge in [-0.3, -0.25) is 4.79 Å². The normalized spacial score (nSPS) is 10.3. The number of hydrogen-bond donors (Lipinski definition) is 1. The van der Waals surface area contributed by atoms with Crippen LogP contribution in [0.2, 0.25) is 0 Å². The predicted octanol–water partition coefficient (Wildman–Crippen LogP) is 3.63. The maximum atomic E-state index is 12.1. The summed E-state index contributed by atoms with van der Waals surface area (Å²) in [6.07, 6.45) is 0. The lowest BCUT2D eigenvalue weighted by molar-refractivity contribution is 0.0943. The molecule has 0 spiro atoms. The average Bonchev–Trinajstić information content (AvgIpc) is 2.54. The predicted molar refractivity (Wildman–Crippen MR) is 88.7 cm³/mol. The van der Waals surface area contributed by atoms with Gasteiger partial charge in [0.1, 0.15) is 23.0 Å². The first-order valence-corrected chi connectivity index (χ1v) is 7.33. The first-order chi connectivity index (χ1) is 11.0. The number of benzene rings is 2. The van der Waals surface area contributed by atoms with Gasteiger partial charge < -0.3 is 19.5 Å². The van der Waals surface area contributed by atoms with E-state index in [4.69, 9.17) is 14.2 Å². The Bertz CT molecular complexity index is 660. The largest absolute Gasteiger partial charge is 0.496 e. The fourth-order valence-electron chi connectivity index (χ4n) is 2.02. The third-order valence-electron chi connectivity index (χ3n) is 3.08. The third-order valence-corrected chi connectivity index (χ3v) is 3.08. The number of hydrogen-bond acceptors (Lipinski definition) is 4. The summed E-state index contributed by atoms with van der Waals surface area (Å²) in [5.74, 6) is 2.27. The van der Waals surface area contributed by atoms with Crippen molar-refractivity contribution in [2.75, 3.05) is 14.2 Å². The number of amides is 1. The first kappa shape index (κ1) is 16.7. The summed E-state index contributed by atoms with van der Waals surface area (Å²) in [5.41, 5.74) is 0.547. The van der Waals surface area contributed by atoms with Crippen molar-refractivity contribution in [2.24, 2.45) is 0 Å². The molecule has 0 aliphatic rings. The van der Waals surface area contributed by atoms with E-state index in [1.807, 2.05) is 13.8 Å². The van der Waals surface area contributed by atoms with Crippen molar-refractivity contribution >= 4 is 5.91 Å². The lowest BCUT2D eigenvalue weighted by atomic mass is 10.2. The Morgan fingerprint density at radius 1 is 0.913 bits per heavy atom. The van der Waals surface area contributed by atoms with E-state index in [-0.39, 0.29) is 11.9 Å². The summed E-state index contributed by atoms with van der Waals surface area (Å²) < 4.78 is 16.3. The number of carbonyl (C=O) groups is 1. The molecule has 0 aliphatic heterocycles. The van der Waals surface area contributed by atoms with Gasteiger partial charge in [0.15, 0.2) is 0 Å². The summed E-state index contributed by atoms with van der Waals surface area (Å²) in [6, 6.07) is 12.4. The molecule has 0 aromatic heterocycles. The van der Waals surface area contributed by atoms with E-state index in [0.29, 0.717) is 28.6 Å². The highest BCUT2D eigenvalue weighted by atomic mass is 16.5. The molecule has 2 aromatic carbocycles. The molecule has 0 atom stereocenters. The summed E-state index contributed by atoms with van der Waals surface area (Å²) in [6.45, 7) is 3.83. The molecule has 5 heteroatoms. The second kappa shape index (κ2) is 7.54. The number of methoxy groups -OCH3 is 2. The SMILES string of the molecule is COc1cc(OC)cc(Oc2cccc(C(=O)NC(C)C)c2)c1. The van der Waals surface area contributed by atoms with Crippen LogP contribution in [0.3, 0.4) is 0 Å². The third kappa shape index (κ3) is 4.64. The molecule has 0 saturated carbocycles. The van der Waals surface area contributed by atoms with E-state index >= 15 is 0 Å². The van der Waals surface area contributed by atoms with Gasteiger partial charge in [-0.05, 0) is 32.0 Å². The molecule has 2 rings (SSSR count).